The first-order valence-electron chi connectivity index (χ1n) is 12.0. The zero-order chi connectivity index (χ0) is 29.0. The largest absolute Gasteiger partial charge is 0.467 e. The van der Waals surface area contributed by atoms with E-state index >= 15 is 0 Å². The number of ether oxygens (including phenoxy) is 2. The molecule has 11 heteroatoms. The second-order valence-corrected chi connectivity index (χ2v) is 17.2. The Balaban J connectivity index is 0.000000762. The van der Waals surface area contributed by atoms with E-state index in [1.54, 1.807) is 17.4 Å². The SMILES string of the molecule is CC(C)(C)S(C)(C)C.COC(=O)C(CS)NC(=O)c1csc(C2=CCN(C=O)CC2)n1.COC(C)(C)C. The number of carbonyl (C=O) groups is 3. The van der Waals surface area contributed by atoms with Crippen LogP contribution in [-0.4, -0.2) is 96.4 Å². The minimum atomic E-state index is -0.809. The molecule has 8 nitrogen and oxygen atoms in total. The Morgan fingerprint density at radius 2 is 1.76 bits per heavy atom. The van der Waals surface area contributed by atoms with E-state index in [0.717, 1.165) is 17.0 Å². The molecule has 2 amide bonds. The molecule has 1 atom stereocenters. The quantitative estimate of drug-likeness (QED) is 0.294. The van der Waals surface area contributed by atoms with Crippen molar-refractivity contribution < 1.29 is 23.9 Å². The van der Waals surface area contributed by atoms with Crippen molar-refractivity contribution in [3.8, 4) is 0 Å². The molecule has 0 radical (unpaired) electrons. The van der Waals surface area contributed by atoms with E-state index in [-0.39, 0.29) is 27.1 Å². The summed E-state index contributed by atoms with van der Waals surface area (Å²) >= 11 is 5.39. The minimum Gasteiger partial charge on any atom is -0.467 e. The molecule has 37 heavy (non-hydrogen) atoms. The van der Waals surface area contributed by atoms with Gasteiger partial charge in [0.1, 0.15) is 16.7 Å². The highest BCUT2D eigenvalue weighted by Crippen LogP contribution is 2.48. The molecule has 1 N–H and O–H groups in total. The number of amides is 2. The van der Waals surface area contributed by atoms with E-state index < -0.39 is 17.9 Å². The number of esters is 1. The predicted octanol–water partition coefficient (Wildman–Crippen LogP) is 4.50. The van der Waals surface area contributed by atoms with Crippen LogP contribution in [0.2, 0.25) is 0 Å². The molecular weight excluding hydrogens is 531 g/mol. The Bertz CT molecular complexity index is 884. The first kappa shape index (κ1) is 35.4. The third kappa shape index (κ3) is 13.7. The molecule has 1 unspecified atom stereocenters. The Morgan fingerprint density at radius 1 is 1.22 bits per heavy atom. The van der Waals surface area contributed by atoms with Crippen LogP contribution < -0.4 is 5.32 Å². The topological polar surface area (TPSA) is 97.8 Å². The second-order valence-electron chi connectivity index (χ2n) is 11.1. The molecule has 1 aliphatic heterocycles. The number of thiazole rings is 1. The molecule has 214 valence electrons. The van der Waals surface area contributed by atoms with Crippen molar-refractivity contribution in [3.05, 3.63) is 22.2 Å². The van der Waals surface area contributed by atoms with Gasteiger partial charge in [-0.3, -0.25) is 9.59 Å². The Morgan fingerprint density at radius 3 is 2.11 bits per heavy atom. The first-order chi connectivity index (χ1) is 16.9. The molecule has 1 aromatic rings. The van der Waals surface area contributed by atoms with E-state index in [1.807, 2.05) is 26.8 Å². The van der Waals surface area contributed by atoms with Crippen molar-refractivity contribution in [3.63, 3.8) is 0 Å². The van der Waals surface area contributed by atoms with Crippen molar-refractivity contribution in [2.75, 3.05) is 51.8 Å². The zero-order valence-electron chi connectivity index (χ0n) is 24.3. The van der Waals surface area contributed by atoms with Gasteiger partial charge in [-0.1, -0.05) is 26.8 Å². The third-order valence-corrected chi connectivity index (χ3v) is 10.8. The summed E-state index contributed by atoms with van der Waals surface area (Å²) in [5.74, 6) is -0.849. The summed E-state index contributed by atoms with van der Waals surface area (Å²) < 4.78 is 10.1. The number of methoxy groups -OCH3 is 2. The first-order valence-corrected chi connectivity index (χ1v) is 16.3. The third-order valence-electron chi connectivity index (χ3n) is 5.82. The van der Waals surface area contributed by atoms with E-state index in [2.05, 4.69) is 67.2 Å². The monoisotopic (exact) mass is 577 g/mol. The summed E-state index contributed by atoms with van der Waals surface area (Å²) in [5, 5.41) is 4.94. The summed E-state index contributed by atoms with van der Waals surface area (Å²) in [6.45, 7) is 14.2. The van der Waals surface area contributed by atoms with E-state index in [0.29, 0.717) is 24.3 Å². The number of nitrogens with zero attached hydrogens (tertiary/aromatic N) is 2. The minimum absolute atomic E-state index is 0.0417. The van der Waals surface area contributed by atoms with Gasteiger partial charge >= 0.3 is 5.97 Å². The van der Waals surface area contributed by atoms with Gasteiger partial charge in [0.25, 0.3) is 5.91 Å². The van der Waals surface area contributed by atoms with Gasteiger partial charge in [-0.05, 0) is 56.3 Å². The number of nitrogens with one attached hydrogen (secondary N) is 1. The number of carbonyl (C=O) groups excluding carboxylic acids is 3. The molecule has 1 aromatic heterocycles. The van der Waals surface area contributed by atoms with Crippen LogP contribution in [0, 0.1) is 0 Å². The van der Waals surface area contributed by atoms with E-state index in [1.165, 1.54) is 18.4 Å². The molecule has 0 bridgehead atoms. The predicted molar refractivity (Wildman–Crippen MR) is 161 cm³/mol. The number of thiol groups is 1. The summed E-state index contributed by atoms with van der Waals surface area (Å²) in [4.78, 5) is 40.3. The Hall–Kier alpha value is -1.56. The fourth-order valence-electron chi connectivity index (χ4n) is 2.05. The summed E-state index contributed by atoms with van der Waals surface area (Å²) in [5.41, 5.74) is 1.31. The molecule has 2 rings (SSSR count). The average Bonchev–Trinajstić information content (AvgIpc) is 3.31. The molecular formula is C26H47N3O5S3. The van der Waals surface area contributed by atoms with Gasteiger partial charge in [0.2, 0.25) is 6.41 Å². The van der Waals surface area contributed by atoms with Gasteiger partial charge in [0, 0.05) is 31.3 Å². The normalized spacial score (nSPS) is 15.1. The van der Waals surface area contributed by atoms with Crippen LogP contribution >= 0.6 is 34.0 Å². The summed E-state index contributed by atoms with van der Waals surface area (Å²) in [7, 11) is 2.62. The lowest BCUT2D eigenvalue weighted by atomic mass is 10.1. The maximum atomic E-state index is 12.1. The van der Waals surface area contributed by atoms with Crippen LogP contribution in [0.1, 0.15) is 63.5 Å². The van der Waals surface area contributed by atoms with Gasteiger partial charge in [-0.15, -0.1) is 11.3 Å². The Labute approximate surface area is 234 Å². The van der Waals surface area contributed by atoms with Crippen molar-refractivity contribution >= 4 is 57.9 Å². The van der Waals surface area contributed by atoms with Gasteiger partial charge in [0.15, 0.2) is 0 Å². The maximum Gasteiger partial charge on any atom is 0.329 e. The molecule has 0 aliphatic carbocycles. The molecule has 1 aliphatic rings. The van der Waals surface area contributed by atoms with Crippen LogP contribution in [0.3, 0.4) is 0 Å². The van der Waals surface area contributed by atoms with Gasteiger partial charge < -0.3 is 19.7 Å². The van der Waals surface area contributed by atoms with Crippen molar-refractivity contribution in [2.24, 2.45) is 0 Å². The molecule has 0 fully saturated rings. The standard InChI is InChI=1S/C14H17N3O4S2.C7H18S.C5H12O/c1-21-14(20)10(6-22)15-12(19)11-7-23-13(16-11)9-2-4-17(8-18)5-3-9;1-7(2,3)8(4,5)6;1-5(2,3)6-4/h2,7-8,10,22H,3-6H2,1H3,(H,15,19);1-6H3;1-4H3. The highest BCUT2D eigenvalue weighted by atomic mass is 32.3. The smallest absolute Gasteiger partial charge is 0.329 e. The van der Waals surface area contributed by atoms with Crippen LogP contribution in [-0.2, 0) is 19.1 Å². The van der Waals surface area contributed by atoms with Crippen LogP contribution in [0.4, 0.5) is 0 Å². The lowest BCUT2D eigenvalue weighted by molar-refractivity contribution is -0.142. The number of rotatable bonds is 6. The van der Waals surface area contributed by atoms with Gasteiger partial charge in [-0.2, -0.15) is 12.6 Å². The lowest BCUT2D eigenvalue weighted by Gasteiger charge is -2.40. The van der Waals surface area contributed by atoms with Gasteiger partial charge in [-0.25, -0.2) is 19.8 Å². The second kappa shape index (κ2) is 15.8. The summed E-state index contributed by atoms with van der Waals surface area (Å²) in [6.07, 6.45) is 10.5. The van der Waals surface area contributed by atoms with Crippen molar-refractivity contribution in [1.82, 2.24) is 15.2 Å². The van der Waals surface area contributed by atoms with Crippen molar-refractivity contribution in [1.29, 1.82) is 0 Å². The van der Waals surface area contributed by atoms with E-state index in [9.17, 15) is 14.4 Å². The highest BCUT2D eigenvalue weighted by molar-refractivity contribution is 8.33. The Kier molecular flexibility index (Phi) is 15.1. The molecule has 0 saturated heterocycles. The number of hydrogen-bond acceptors (Lipinski definition) is 8. The fourth-order valence-corrected chi connectivity index (χ4v) is 3.17. The average molecular weight is 578 g/mol. The zero-order valence-corrected chi connectivity index (χ0v) is 26.9. The van der Waals surface area contributed by atoms with Crippen LogP contribution in [0.15, 0.2) is 11.5 Å². The maximum absolute atomic E-state index is 12.1. The summed E-state index contributed by atoms with van der Waals surface area (Å²) in [6, 6.07) is -0.809. The molecule has 2 heterocycles. The number of hydrogen-bond donors (Lipinski definition) is 2. The van der Waals surface area contributed by atoms with Crippen LogP contribution in [0.5, 0.6) is 0 Å². The number of aromatic nitrogens is 1. The molecule has 0 aromatic carbocycles. The van der Waals surface area contributed by atoms with Crippen molar-refractivity contribution in [2.45, 2.75) is 64.4 Å². The van der Waals surface area contributed by atoms with Crippen LogP contribution in [0.25, 0.3) is 5.57 Å². The van der Waals surface area contributed by atoms with Gasteiger partial charge in [0.05, 0.1) is 12.7 Å². The fraction of sp³-hybridized carbons (Fsp3) is 0.692. The highest BCUT2D eigenvalue weighted by Gasteiger charge is 2.23. The molecule has 0 spiro atoms. The van der Waals surface area contributed by atoms with E-state index in [4.69, 9.17) is 4.74 Å². The lowest BCUT2D eigenvalue weighted by Crippen LogP contribution is -2.43. The molecule has 0 saturated carbocycles.